The van der Waals surface area contributed by atoms with Crippen molar-refractivity contribution in [2.45, 2.75) is 25.7 Å². The number of hydrogen-bond donors (Lipinski definition) is 1. The fraction of sp³-hybridized carbons (Fsp3) is 0.444. The molecule has 0 spiro atoms. The van der Waals surface area contributed by atoms with Crippen LogP contribution in [0.5, 0.6) is 0 Å². The third kappa shape index (κ3) is 1.09. The molecule has 0 saturated heterocycles. The van der Waals surface area contributed by atoms with Crippen molar-refractivity contribution in [2.24, 2.45) is 0 Å². The SMILES string of the molecule is O=C1CCCCc2cc[nH]c21. The molecule has 2 rings (SSSR count). The fourth-order valence-corrected chi connectivity index (χ4v) is 1.60. The van der Waals surface area contributed by atoms with E-state index in [4.69, 9.17) is 0 Å². The highest BCUT2D eigenvalue weighted by Gasteiger charge is 2.15. The van der Waals surface area contributed by atoms with Crippen LogP contribution in [0.25, 0.3) is 0 Å². The zero-order chi connectivity index (χ0) is 7.68. The number of carbonyl (C=O) groups excluding carboxylic acids is 1. The molecule has 0 aliphatic heterocycles. The van der Waals surface area contributed by atoms with Crippen molar-refractivity contribution in [3.63, 3.8) is 0 Å². The molecule has 1 aromatic rings. The lowest BCUT2D eigenvalue weighted by Gasteiger charge is -1.93. The minimum absolute atomic E-state index is 0.280. The Hall–Kier alpha value is -1.05. The first-order chi connectivity index (χ1) is 5.38. The van der Waals surface area contributed by atoms with Gasteiger partial charge in [-0.1, -0.05) is 0 Å². The van der Waals surface area contributed by atoms with E-state index in [2.05, 4.69) is 4.98 Å². The van der Waals surface area contributed by atoms with E-state index >= 15 is 0 Å². The third-order valence-electron chi connectivity index (χ3n) is 2.21. The second kappa shape index (κ2) is 2.53. The zero-order valence-electron chi connectivity index (χ0n) is 6.39. The lowest BCUT2D eigenvalue weighted by molar-refractivity contribution is 0.0978. The van der Waals surface area contributed by atoms with Gasteiger partial charge in [0.2, 0.25) is 0 Å². The van der Waals surface area contributed by atoms with Gasteiger partial charge in [-0.25, -0.2) is 0 Å². The Bertz CT molecular complexity index is 275. The molecule has 2 heteroatoms. The first-order valence-electron chi connectivity index (χ1n) is 4.07. The summed E-state index contributed by atoms with van der Waals surface area (Å²) in [6.45, 7) is 0. The molecule has 1 aliphatic carbocycles. The first-order valence-corrected chi connectivity index (χ1v) is 4.07. The molecule has 1 N–H and O–H groups in total. The Kier molecular flexibility index (Phi) is 1.53. The van der Waals surface area contributed by atoms with E-state index in [1.165, 1.54) is 5.56 Å². The van der Waals surface area contributed by atoms with Crippen LogP contribution in [0.1, 0.15) is 35.3 Å². The van der Waals surface area contributed by atoms with Crippen LogP contribution in [-0.4, -0.2) is 10.8 Å². The maximum absolute atomic E-state index is 11.3. The molecule has 0 amide bonds. The summed E-state index contributed by atoms with van der Waals surface area (Å²) in [5.74, 6) is 0.280. The van der Waals surface area contributed by atoms with Crippen molar-refractivity contribution in [3.05, 3.63) is 23.5 Å². The lowest BCUT2D eigenvalue weighted by Crippen LogP contribution is -1.98. The zero-order valence-corrected chi connectivity index (χ0v) is 6.39. The van der Waals surface area contributed by atoms with Gasteiger partial charge in [-0.3, -0.25) is 4.79 Å². The van der Waals surface area contributed by atoms with Gasteiger partial charge in [-0.05, 0) is 30.9 Å². The van der Waals surface area contributed by atoms with Crippen LogP contribution in [0.4, 0.5) is 0 Å². The Morgan fingerprint density at radius 3 is 3.00 bits per heavy atom. The van der Waals surface area contributed by atoms with Gasteiger partial charge < -0.3 is 4.98 Å². The first kappa shape index (κ1) is 6.65. The largest absolute Gasteiger partial charge is 0.359 e. The summed E-state index contributed by atoms with van der Waals surface area (Å²) < 4.78 is 0. The summed E-state index contributed by atoms with van der Waals surface area (Å²) >= 11 is 0. The average Bonchev–Trinajstić information content (AvgIpc) is 2.40. The number of aromatic amines is 1. The minimum Gasteiger partial charge on any atom is -0.359 e. The standard InChI is InChI=1S/C9H11NO/c11-8-4-2-1-3-7-5-6-10-9(7)8/h5-6,10H,1-4H2. The Morgan fingerprint density at radius 2 is 2.09 bits per heavy atom. The topological polar surface area (TPSA) is 32.9 Å². The van der Waals surface area contributed by atoms with Crippen molar-refractivity contribution in [2.75, 3.05) is 0 Å². The van der Waals surface area contributed by atoms with Crippen molar-refractivity contribution in [1.82, 2.24) is 4.98 Å². The van der Waals surface area contributed by atoms with E-state index in [1.807, 2.05) is 12.3 Å². The van der Waals surface area contributed by atoms with Crippen molar-refractivity contribution in [3.8, 4) is 0 Å². The summed E-state index contributed by atoms with van der Waals surface area (Å²) in [6, 6.07) is 2.01. The van der Waals surface area contributed by atoms with E-state index in [-0.39, 0.29) is 5.78 Å². The predicted molar refractivity (Wildman–Crippen MR) is 42.7 cm³/mol. The number of ketones is 1. The maximum Gasteiger partial charge on any atom is 0.179 e. The number of rotatable bonds is 0. The van der Waals surface area contributed by atoms with Gasteiger partial charge in [0.1, 0.15) is 0 Å². The molecule has 1 heterocycles. The second-order valence-electron chi connectivity index (χ2n) is 3.01. The van der Waals surface area contributed by atoms with Crippen LogP contribution >= 0.6 is 0 Å². The Morgan fingerprint density at radius 1 is 1.27 bits per heavy atom. The van der Waals surface area contributed by atoms with Crippen LogP contribution in [0.2, 0.25) is 0 Å². The summed E-state index contributed by atoms with van der Waals surface area (Å²) in [6.07, 6.45) is 5.82. The van der Waals surface area contributed by atoms with Gasteiger partial charge in [0.25, 0.3) is 0 Å². The van der Waals surface area contributed by atoms with Gasteiger partial charge in [-0.2, -0.15) is 0 Å². The molecule has 0 saturated carbocycles. The van der Waals surface area contributed by atoms with Crippen molar-refractivity contribution >= 4 is 5.78 Å². The number of nitrogens with one attached hydrogen (secondary N) is 1. The highest BCUT2D eigenvalue weighted by Crippen LogP contribution is 2.18. The molecule has 0 atom stereocenters. The van der Waals surface area contributed by atoms with Gasteiger partial charge in [-0.15, -0.1) is 0 Å². The molecule has 0 radical (unpaired) electrons. The second-order valence-corrected chi connectivity index (χ2v) is 3.01. The molecular weight excluding hydrogens is 138 g/mol. The maximum atomic E-state index is 11.3. The average molecular weight is 149 g/mol. The molecule has 0 bridgehead atoms. The predicted octanol–water partition coefficient (Wildman–Crippen LogP) is 1.92. The van der Waals surface area contributed by atoms with Gasteiger partial charge in [0, 0.05) is 12.6 Å². The van der Waals surface area contributed by atoms with Crippen LogP contribution in [-0.2, 0) is 6.42 Å². The summed E-state index contributed by atoms with van der Waals surface area (Å²) in [4.78, 5) is 14.3. The Balaban J connectivity index is 2.41. The number of aromatic nitrogens is 1. The molecule has 58 valence electrons. The highest BCUT2D eigenvalue weighted by molar-refractivity contribution is 5.96. The van der Waals surface area contributed by atoms with E-state index in [9.17, 15) is 4.79 Å². The summed E-state index contributed by atoms with van der Waals surface area (Å²) in [5.41, 5.74) is 2.05. The number of carbonyl (C=O) groups is 1. The lowest BCUT2D eigenvalue weighted by atomic mass is 10.1. The van der Waals surface area contributed by atoms with Crippen molar-refractivity contribution < 1.29 is 4.79 Å². The van der Waals surface area contributed by atoms with E-state index < -0.39 is 0 Å². The molecule has 1 aromatic heterocycles. The normalized spacial score (nSPS) is 17.6. The minimum atomic E-state index is 0.280. The van der Waals surface area contributed by atoms with E-state index in [1.54, 1.807) is 0 Å². The molecule has 0 unspecified atom stereocenters. The Labute approximate surface area is 65.6 Å². The molecule has 1 aliphatic rings. The molecule has 2 nitrogen and oxygen atoms in total. The third-order valence-corrected chi connectivity index (χ3v) is 2.21. The monoisotopic (exact) mass is 149 g/mol. The summed E-state index contributed by atoms with van der Waals surface area (Å²) in [5, 5.41) is 0. The fourth-order valence-electron chi connectivity index (χ4n) is 1.60. The van der Waals surface area contributed by atoms with Crippen LogP contribution in [0.3, 0.4) is 0 Å². The number of H-pyrrole nitrogens is 1. The van der Waals surface area contributed by atoms with Crippen LogP contribution in [0, 0.1) is 0 Å². The number of Topliss-reactive ketones (excluding diaryl/α,β-unsaturated/α-hetero) is 1. The van der Waals surface area contributed by atoms with Gasteiger partial charge >= 0.3 is 0 Å². The molecule has 0 aromatic carbocycles. The van der Waals surface area contributed by atoms with E-state index in [0.717, 1.165) is 25.0 Å². The van der Waals surface area contributed by atoms with Crippen molar-refractivity contribution in [1.29, 1.82) is 0 Å². The quantitative estimate of drug-likeness (QED) is 0.562. The highest BCUT2D eigenvalue weighted by atomic mass is 16.1. The van der Waals surface area contributed by atoms with Gasteiger partial charge in [0.05, 0.1) is 5.69 Å². The van der Waals surface area contributed by atoms with Crippen LogP contribution in [0.15, 0.2) is 12.3 Å². The summed E-state index contributed by atoms with van der Waals surface area (Å²) in [7, 11) is 0. The smallest absolute Gasteiger partial charge is 0.179 e. The van der Waals surface area contributed by atoms with Crippen LogP contribution < -0.4 is 0 Å². The van der Waals surface area contributed by atoms with E-state index in [0.29, 0.717) is 6.42 Å². The number of aryl methyl sites for hydroxylation is 1. The number of hydrogen-bond acceptors (Lipinski definition) is 1. The molecular formula is C9H11NO. The number of fused-ring (bicyclic) bond motifs is 1. The molecule has 0 fully saturated rings. The molecule has 11 heavy (non-hydrogen) atoms. The van der Waals surface area contributed by atoms with Gasteiger partial charge in [0.15, 0.2) is 5.78 Å².